The van der Waals surface area contributed by atoms with E-state index in [1.165, 1.54) is 12.8 Å². The van der Waals surface area contributed by atoms with Gasteiger partial charge in [0, 0.05) is 12.8 Å². The summed E-state index contributed by atoms with van der Waals surface area (Å²) in [7, 11) is 0. The molecule has 0 aromatic heterocycles. The zero-order valence-electron chi connectivity index (χ0n) is 5.41. The molecule has 0 radical (unpaired) electrons. The summed E-state index contributed by atoms with van der Waals surface area (Å²) >= 11 is 0. The molecule has 0 saturated heterocycles. The highest BCUT2D eigenvalue weighted by Crippen LogP contribution is 2.17. The van der Waals surface area contributed by atoms with Crippen LogP contribution < -0.4 is 0 Å². The molecule has 0 nitrogen and oxygen atoms in total. The standard InChI is InChI=1S/C8H12/c1-2-5-8-6-3-4-7-8/h8H,2,5-7H2,1H3. The fourth-order valence-electron chi connectivity index (χ4n) is 1.12. The molecule has 0 unspecified atom stereocenters. The van der Waals surface area contributed by atoms with Crippen LogP contribution in [0.1, 0.15) is 32.6 Å². The third-order valence-electron chi connectivity index (χ3n) is 1.60. The summed E-state index contributed by atoms with van der Waals surface area (Å²) in [4.78, 5) is 0. The molecule has 0 bridgehead atoms. The normalized spacial score (nSPS) is 18.1. The van der Waals surface area contributed by atoms with E-state index in [1.54, 1.807) is 0 Å². The quantitative estimate of drug-likeness (QED) is 0.476. The summed E-state index contributed by atoms with van der Waals surface area (Å²) < 4.78 is 0. The number of rotatable bonds is 2. The van der Waals surface area contributed by atoms with Gasteiger partial charge in [-0.2, -0.15) is 0 Å². The van der Waals surface area contributed by atoms with Crippen LogP contribution in [0, 0.1) is 17.8 Å². The molecule has 1 rings (SSSR count). The number of hydrogen-bond donors (Lipinski definition) is 0. The summed E-state index contributed by atoms with van der Waals surface area (Å²) in [5, 5.41) is 0. The Morgan fingerprint density at radius 1 is 1.38 bits per heavy atom. The summed E-state index contributed by atoms with van der Waals surface area (Å²) in [6.45, 7) is 2.23. The van der Waals surface area contributed by atoms with Gasteiger partial charge in [-0.1, -0.05) is 13.3 Å². The zero-order valence-corrected chi connectivity index (χ0v) is 5.41. The minimum atomic E-state index is 0.889. The van der Waals surface area contributed by atoms with Gasteiger partial charge in [-0.3, -0.25) is 0 Å². The second kappa shape index (κ2) is 2.77. The van der Waals surface area contributed by atoms with Gasteiger partial charge in [0.05, 0.1) is 0 Å². The molecule has 0 N–H and O–H groups in total. The molecule has 0 aromatic rings. The van der Waals surface area contributed by atoms with Gasteiger partial charge < -0.3 is 0 Å². The van der Waals surface area contributed by atoms with E-state index < -0.39 is 0 Å². The van der Waals surface area contributed by atoms with Gasteiger partial charge in [-0.25, -0.2) is 0 Å². The monoisotopic (exact) mass is 108 g/mol. The van der Waals surface area contributed by atoms with Crippen molar-refractivity contribution in [2.45, 2.75) is 32.6 Å². The van der Waals surface area contributed by atoms with Crippen LogP contribution in [0.4, 0.5) is 0 Å². The van der Waals surface area contributed by atoms with Crippen molar-refractivity contribution in [3.05, 3.63) is 0 Å². The molecule has 1 aliphatic carbocycles. The second-order valence-corrected chi connectivity index (χ2v) is 2.42. The van der Waals surface area contributed by atoms with Crippen molar-refractivity contribution in [1.29, 1.82) is 0 Å². The molecule has 44 valence electrons. The molecule has 0 spiro atoms. The molecule has 0 heteroatoms. The van der Waals surface area contributed by atoms with Crippen molar-refractivity contribution >= 4 is 0 Å². The Labute approximate surface area is 51.3 Å². The van der Waals surface area contributed by atoms with Crippen molar-refractivity contribution in [2.24, 2.45) is 5.92 Å². The smallest absolute Gasteiger partial charge is 0.0126 e. The largest absolute Gasteiger partial charge is 0.103 e. The zero-order chi connectivity index (χ0) is 5.82. The third kappa shape index (κ3) is 1.26. The molecule has 0 amide bonds. The van der Waals surface area contributed by atoms with Crippen molar-refractivity contribution in [3.63, 3.8) is 0 Å². The Bertz CT molecular complexity index is 104. The summed E-state index contributed by atoms with van der Waals surface area (Å²) in [5.74, 6) is 7.10. The van der Waals surface area contributed by atoms with E-state index in [2.05, 4.69) is 18.8 Å². The first-order valence-corrected chi connectivity index (χ1v) is 3.39. The van der Waals surface area contributed by atoms with Crippen LogP contribution in [0.5, 0.6) is 0 Å². The van der Waals surface area contributed by atoms with Crippen molar-refractivity contribution < 1.29 is 0 Å². The summed E-state index contributed by atoms with van der Waals surface area (Å²) in [5.41, 5.74) is 0. The lowest BCUT2D eigenvalue weighted by atomic mass is 10.0. The van der Waals surface area contributed by atoms with E-state index in [4.69, 9.17) is 0 Å². The first kappa shape index (κ1) is 5.69. The molecular weight excluding hydrogens is 96.1 g/mol. The predicted molar refractivity (Wildman–Crippen MR) is 35.4 cm³/mol. The topological polar surface area (TPSA) is 0 Å². The van der Waals surface area contributed by atoms with Crippen LogP contribution in [-0.2, 0) is 0 Å². The molecule has 0 heterocycles. The molecule has 0 saturated carbocycles. The first-order valence-electron chi connectivity index (χ1n) is 3.39. The molecule has 8 heavy (non-hydrogen) atoms. The van der Waals surface area contributed by atoms with Crippen LogP contribution >= 0.6 is 0 Å². The summed E-state index contributed by atoms with van der Waals surface area (Å²) in [6.07, 6.45) is 5.00. The Kier molecular flexibility index (Phi) is 1.97. The SMILES string of the molecule is CCCC1CC#CC1. The van der Waals surface area contributed by atoms with E-state index in [0.29, 0.717) is 0 Å². The van der Waals surface area contributed by atoms with Crippen molar-refractivity contribution in [1.82, 2.24) is 0 Å². The maximum Gasteiger partial charge on any atom is 0.0126 e. The molecule has 0 atom stereocenters. The van der Waals surface area contributed by atoms with Crippen LogP contribution in [0.25, 0.3) is 0 Å². The Balaban J connectivity index is 2.12. The lowest BCUT2D eigenvalue weighted by Gasteiger charge is -2.02. The van der Waals surface area contributed by atoms with Crippen LogP contribution in [0.15, 0.2) is 0 Å². The van der Waals surface area contributed by atoms with E-state index in [0.717, 1.165) is 18.8 Å². The highest BCUT2D eigenvalue weighted by atomic mass is 14.1. The second-order valence-electron chi connectivity index (χ2n) is 2.42. The van der Waals surface area contributed by atoms with Gasteiger partial charge >= 0.3 is 0 Å². The predicted octanol–water partition coefficient (Wildman–Crippen LogP) is 2.20. The van der Waals surface area contributed by atoms with Crippen molar-refractivity contribution in [2.75, 3.05) is 0 Å². The fraction of sp³-hybridized carbons (Fsp3) is 0.750. The van der Waals surface area contributed by atoms with Crippen LogP contribution in [0.3, 0.4) is 0 Å². The Morgan fingerprint density at radius 3 is 2.50 bits per heavy atom. The van der Waals surface area contributed by atoms with Gasteiger partial charge in [0.25, 0.3) is 0 Å². The minimum Gasteiger partial charge on any atom is -0.103 e. The molecule has 0 aliphatic heterocycles. The maximum absolute atomic E-state index is 3.11. The van der Waals surface area contributed by atoms with Gasteiger partial charge in [0.1, 0.15) is 0 Å². The highest BCUT2D eigenvalue weighted by molar-refractivity contribution is 5.08. The average Bonchev–Trinajstić information content (AvgIpc) is 2.19. The van der Waals surface area contributed by atoms with E-state index >= 15 is 0 Å². The fourth-order valence-corrected chi connectivity index (χ4v) is 1.12. The van der Waals surface area contributed by atoms with E-state index in [1.807, 2.05) is 0 Å². The van der Waals surface area contributed by atoms with Crippen LogP contribution in [-0.4, -0.2) is 0 Å². The third-order valence-corrected chi connectivity index (χ3v) is 1.60. The van der Waals surface area contributed by atoms with Gasteiger partial charge in [-0.05, 0) is 12.3 Å². The molecule has 1 aliphatic rings. The lowest BCUT2D eigenvalue weighted by molar-refractivity contribution is 0.518. The Morgan fingerprint density at radius 2 is 2.00 bits per heavy atom. The molecule has 0 aromatic carbocycles. The van der Waals surface area contributed by atoms with Crippen LogP contribution in [0.2, 0.25) is 0 Å². The first-order chi connectivity index (χ1) is 3.93. The minimum absolute atomic E-state index is 0.889. The maximum atomic E-state index is 3.11. The average molecular weight is 108 g/mol. The number of hydrogen-bond acceptors (Lipinski definition) is 0. The Hall–Kier alpha value is -0.440. The highest BCUT2D eigenvalue weighted by Gasteiger charge is 2.06. The van der Waals surface area contributed by atoms with E-state index in [9.17, 15) is 0 Å². The molecular formula is C8H12. The molecule has 0 fully saturated rings. The van der Waals surface area contributed by atoms with E-state index in [-0.39, 0.29) is 0 Å². The van der Waals surface area contributed by atoms with Crippen molar-refractivity contribution in [3.8, 4) is 11.8 Å². The summed E-state index contributed by atoms with van der Waals surface area (Å²) in [6, 6.07) is 0. The van der Waals surface area contributed by atoms with Gasteiger partial charge in [0.15, 0.2) is 0 Å². The van der Waals surface area contributed by atoms with Gasteiger partial charge in [0.2, 0.25) is 0 Å². The van der Waals surface area contributed by atoms with Gasteiger partial charge in [-0.15, -0.1) is 11.8 Å². The lowest BCUT2D eigenvalue weighted by Crippen LogP contribution is -1.91.